The highest BCUT2D eigenvalue weighted by Gasteiger charge is 2.39. The zero-order chi connectivity index (χ0) is 23.0. The molecule has 0 aliphatic heterocycles. The van der Waals surface area contributed by atoms with Gasteiger partial charge in [-0.3, -0.25) is 4.57 Å². The van der Waals surface area contributed by atoms with Crippen molar-refractivity contribution in [2.45, 2.75) is 59.5 Å². The highest BCUT2D eigenvalue weighted by atomic mass is 31.2. The van der Waals surface area contributed by atoms with E-state index in [-0.39, 0.29) is 12.2 Å². The lowest BCUT2D eigenvalue weighted by molar-refractivity contribution is 0.138. The summed E-state index contributed by atoms with van der Waals surface area (Å²) in [6, 6.07) is 15.6. The summed E-state index contributed by atoms with van der Waals surface area (Å²) in [6.07, 6.45) is -0.501. The topological polar surface area (TPSA) is 60.0 Å². The molecule has 0 aliphatic rings. The second-order valence-corrected chi connectivity index (χ2v) is 9.91. The minimum Gasteiger partial charge on any atom is -0.497 e. The molecule has 1 unspecified atom stereocenters. The Morgan fingerprint density at radius 2 is 1.39 bits per heavy atom. The van der Waals surface area contributed by atoms with Crippen LogP contribution in [0.5, 0.6) is 5.75 Å². The van der Waals surface area contributed by atoms with Gasteiger partial charge >= 0.3 is 7.60 Å². The Kier molecular flexibility index (Phi) is 9.42. The highest BCUT2D eigenvalue weighted by molar-refractivity contribution is 7.54. The number of nitrogens with one attached hydrogen (secondary N) is 1. The van der Waals surface area contributed by atoms with Crippen LogP contribution in [0.25, 0.3) is 0 Å². The first kappa shape index (κ1) is 25.3. The smallest absolute Gasteiger partial charge is 0.357 e. The van der Waals surface area contributed by atoms with Gasteiger partial charge in [-0.05, 0) is 83.5 Å². The van der Waals surface area contributed by atoms with Gasteiger partial charge in [-0.1, -0.05) is 12.1 Å². The van der Waals surface area contributed by atoms with E-state index in [9.17, 15) is 4.57 Å². The van der Waals surface area contributed by atoms with Crippen molar-refractivity contribution >= 4 is 19.0 Å². The van der Waals surface area contributed by atoms with Crippen molar-refractivity contribution in [1.82, 2.24) is 0 Å². The number of hydrogen-bond acceptors (Lipinski definition) is 6. The summed E-state index contributed by atoms with van der Waals surface area (Å²) >= 11 is 0. The van der Waals surface area contributed by atoms with Crippen molar-refractivity contribution in [3.05, 3.63) is 54.1 Å². The lowest BCUT2D eigenvalue weighted by Gasteiger charge is -2.31. The van der Waals surface area contributed by atoms with Crippen LogP contribution in [-0.2, 0) is 13.6 Å². The maximum atomic E-state index is 14.1. The predicted octanol–water partition coefficient (Wildman–Crippen LogP) is 6.70. The van der Waals surface area contributed by atoms with Crippen LogP contribution in [0, 0.1) is 0 Å². The molecule has 0 spiro atoms. The molecule has 0 amide bonds. The molecule has 2 aromatic rings. The SMILES string of the molecule is CCN(CC)c1ccc(C(Nc2ccc(OC)cc2)P(=O)(OC(C)C)OC(C)C)cc1. The zero-order valence-corrected chi connectivity index (χ0v) is 20.7. The second-order valence-electron chi connectivity index (χ2n) is 7.89. The summed E-state index contributed by atoms with van der Waals surface area (Å²) < 4.78 is 31.2. The monoisotopic (exact) mass is 448 g/mol. The van der Waals surface area contributed by atoms with Crippen LogP contribution >= 0.6 is 7.60 Å². The fraction of sp³-hybridized carbons (Fsp3) is 0.500. The first-order chi connectivity index (χ1) is 14.7. The summed E-state index contributed by atoms with van der Waals surface area (Å²) in [6.45, 7) is 13.6. The lowest BCUT2D eigenvalue weighted by atomic mass is 10.2. The minimum atomic E-state index is -3.56. The van der Waals surface area contributed by atoms with Crippen LogP contribution in [0.1, 0.15) is 52.9 Å². The molecule has 0 heterocycles. The van der Waals surface area contributed by atoms with Crippen molar-refractivity contribution in [3.8, 4) is 5.75 Å². The van der Waals surface area contributed by atoms with Crippen molar-refractivity contribution in [1.29, 1.82) is 0 Å². The predicted molar refractivity (Wildman–Crippen MR) is 129 cm³/mol. The largest absolute Gasteiger partial charge is 0.497 e. The molecule has 7 heteroatoms. The fourth-order valence-electron chi connectivity index (χ4n) is 3.38. The number of nitrogens with zero attached hydrogens (tertiary/aromatic N) is 1. The molecule has 1 N–H and O–H groups in total. The zero-order valence-electron chi connectivity index (χ0n) is 19.8. The van der Waals surface area contributed by atoms with Crippen LogP contribution in [0.15, 0.2) is 48.5 Å². The number of anilines is 2. The molecule has 0 aliphatic carbocycles. The van der Waals surface area contributed by atoms with E-state index < -0.39 is 13.4 Å². The molecule has 0 saturated carbocycles. The van der Waals surface area contributed by atoms with Crippen molar-refractivity contribution in [2.24, 2.45) is 0 Å². The third-order valence-electron chi connectivity index (χ3n) is 4.76. The van der Waals surface area contributed by atoms with Gasteiger partial charge in [0.2, 0.25) is 0 Å². The van der Waals surface area contributed by atoms with Gasteiger partial charge in [-0.25, -0.2) is 0 Å². The molecule has 2 aromatic carbocycles. The van der Waals surface area contributed by atoms with Gasteiger partial charge in [0, 0.05) is 24.5 Å². The Morgan fingerprint density at radius 3 is 1.81 bits per heavy atom. The van der Waals surface area contributed by atoms with E-state index >= 15 is 0 Å². The molecule has 2 rings (SSSR count). The number of methoxy groups -OCH3 is 1. The van der Waals surface area contributed by atoms with Crippen molar-refractivity contribution < 1.29 is 18.3 Å². The third-order valence-corrected chi connectivity index (χ3v) is 7.25. The number of hydrogen-bond donors (Lipinski definition) is 1. The minimum absolute atomic E-state index is 0.250. The molecule has 0 fully saturated rings. The average molecular weight is 449 g/mol. The fourth-order valence-corrected chi connectivity index (χ4v) is 5.69. The van der Waals surface area contributed by atoms with Gasteiger partial charge < -0.3 is 24.0 Å². The molecule has 0 saturated heterocycles. The van der Waals surface area contributed by atoms with Gasteiger partial charge in [0.15, 0.2) is 5.78 Å². The summed E-state index contributed by atoms with van der Waals surface area (Å²) in [5.41, 5.74) is 2.77. The maximum Gasteiger partial charge on any atom is 0.357 e. The molecule has 6 nitrogen and oxygen atoms in total. The Morgan fingerprint density at radius 1 is 0.871 bits per heavy atom. The summed E-state index contributed by atoms with van der Waals surface area (Å²) in [5.74, 6) is 0.0992. The Bertz CT molecular complexity index is 820. The van der Waals surface area contributed by atoms with E-state index in [0.29, 0.717) is 0 Å². The van der Waals surface area contributed by atoms with Gasteiger partial charge in [0.25, 0.3) is 0 Å². The first-order valence-corrected chi connectivity index (χ1v) is 12.6. The molecule has 31 heavy (non-hydrogen) atoms. The molecule has 0 radical (unpaired) electrons. The van der Waals surface area contributed by atoms with Crippen LogP contribution in [0.2, 0.25) is 0 Å². The normalized spacial score (nSPS) is 12.8. The third kappa shape index (κ3) is 6.99. The van der Waals surface area contributed by atoms with Crippen LogP contribution in [0.4, 0.5) is 11.4 Å². The molecular formula is C24H37N2O4P. The van der Waals surface area contributed by atoms with Gasteiger partial charge in [0.1, 0.15) is 5.75 Å². The van der Waals surface area contributed by atoms with Crippen LogP contribution in [-0.4, -0.2) is 32.4 Å². The lowest BCUT2D eigenvalue weighted by Crippen LogP contribution is -2.22. The van der Waals surface area contributed by atoms with Gasteiger partial charge in [0.05, 0.1) is 19.3 Å². The van der Waals surface area contributed by atoms with E-state index in [4.69, 9.17) is 13.8 Å². The van der Waals surface area contributed by atoms with Crippen molar-refractivity contribution in [2.75, 3.05) is 30.4 Å². The average Bonchev–Trinajstić information content (AvgIpc) is 2.72. The summed E-state index contributed by atoms with van der Waals surface area (Å²) in [5, 5.41) is 3.39. The second kappa shape index (κ2) is 11.6. The Labute approximate surface area is 187 Å². The molecule has 1 atom stereocenters. The van der Waals surface area contributed by atoms with E-state index in [1.165, 1.54) is 0 Å². The van der Waals surface area contributed by atoms with E-state index in [2.05, 4.69) is 36.2 Å². The van der Waals surface area contributed by atoms with Crippen LogP contribution in [0.3, 0.4) is 0 Å². The number of benzene rings is 2. The van der Waals surface area contributed by atoms with Gasteiger partial charge in [-0.15, -0.1) is 0 Å². The van der Waals surface area contributed by atoms with E-state index in [0.717, 1.165) is 35.8 Å². The molecule has 172 valence electrons. The number of rotatable bonds is 12. The van der Waals surface area contributed by atoms with E-state index in [1.54, 1.807) is 7.11 Å². The quantitative estimate of drug-likeness (QED) is 0.365. The summed E-state index contributed by atoms with van der Waals surface area (Å²) in [4.78, 5) is 2.27. The highest BCUT2D eigenvalue weighted by Crippen LogP contribution is 2.62. The molecule has 0 aromatic heterocycles. The molecule has 0 bridgehead atoms. The van der Waals surface area contributed by atoms with Crippen LogP contribution < -0.4 is 15.0 Å². The van der Waals surface area contributed by atoms with Crippen molar-refractivity contribution in [3.63, 3.8) is 0 Å². The van der Waals surface area contributed by atoms with Gasteiger partial charge in [-0.2, -0.15) is 0 Å². The maximum absolute atomic E-state index is 14.1. The molecular weight excluding hydrogens is 411 g/mol. The Hall–Kier alpha value is -2.01. The number of ether oxygens (including phenoxy) is 1. The summed E-state index contributed by atoms with van der Waals surface area (Å²) in [7, 11) is -1.93. The van der Waals surface area contributed by atoms with E-state index in [1.807, 2.05) is 64.1 Å². The first-order valence-electron chi connectivity index (χ1n) is 10.9. The standard InChI is InChI=1S/C24H37N2O4P/c1-8-26(9-2)22-14-10-20(11-15-22)24(25-21-12-16-23(28-7)17-13-21)31(27,29-18(3)4)30-19(5)6/h10-19,24-25H,8-9H2,1-7H3. The Balaban J connectivity index is 2.48.